The topological polar surface area (TPSA) is 64.0 Å². The summed E-state index contributed by atoms with van der Waals surface area (Å²) in [5.74, 6) is 0. The Morgan fingerprint density at radius 2 is 2.00 bits per heavy atom. The lowest BCUT2D eigenvalue weighted by atomic mass is 10.2. The molecule has 0 spiro atoms. The molecule has 1 N–H and O–H groups in total. The van der Waals surface area contributed by atoms with Crippen LogP contribution < -0.4 is 4.72 Å². The smallest absolute Gasteiger partial charge is 0.264 e. The molecular weight excluding hydrogens is 286 g/mol. The van der Waals surface area contributed by atoms with Crippen molar-refractivity contribution in [3.8, 4) is 0 Å². The summed E-state index contributed by atoms with van der Waals surface area (Å²) in [6.45, 7) is 1.92. The Kier molecular flexibility index (Phi) is 3.17. The zero-order valence-corrected chi connectivity index (χ0v) is 12.6. The summed E-state index contributed by atoms with van der Waals surface area (Å²) in [7, 11) is -1.87. The van der Waals surface area contributed by atoms with Crippen LogP contribution >= 0.6 is 0 Å². The number of sulfonamides is 1. The minimum atomic E-state index is -3.65. The van der Waals surface area contributed by atoms with E-state index in [1.807, 2.05) is 19.1 Å². The molecule has 108 valence electrons. The highest BCUT2D eigenvalue weighted by Gasteiger charge is 2.20. The molecule has 3 aromatic rings. The van der Waals surface area contributed by atoms with E-state index in [1.54, 1.807) is 48.3 Å². The molecule has 0 aliphatic rings. The summed E-state index contributed by atoms with van der Waals surface area (Å²) in [6.07, 6.45) is 3.22. The first-order valence-corrected chi connectivity index (χ1v) is 7.95. The molecule has 5 nitrogen and oxygen atoms in total. The van der Waals surface area contributed by atoms with Crippen LogP contribution in [0.1, 0.15) is 5.56 Å². The van der Waals surface area contributed by atoms with Crippen LogP contribution in [-0.2, 0) is 17.1 Å². The van der Waals surface area contributed by atoms with Crippen LogP contribution in [0.2, 0.25) is 0 Å². The molecule has 1 aromatic carbocycles. The molecule has 0 saturated carbocycles. The lowest BCUT2D eigenvalue weighted by Crippen LogP contribution is -2.12. The second-order valence-corrected chi connectivity index (χ2v) is 6.60. The molecule has 0 unspecified atom stereocenters. The van der Waals surface area contributed by atoms with E-state index in [0.717, 1.165) is 5.56 Å². The van der Waals surface area contributed by atoms with Gasteiger partial charge in [-0.05, 0) is 36.8 Å². The van der Waals surface area contributed by atoms with Crippen molar-refractivity contribution in [3.05, 3.63) is 54.4 Å². The molecule has 0 radical (unpaired) electrons. The van der Waals surface area contributed by atoms with Gasteiger partial charge in [-0.2, -0.15) is 0 Å². The Labute approximate surface area is 123 Å². The summed E-state index contributed by atoms with van der Waals surface area (Å²) < 4.78 is 29.5. The number of hydrogen-bond acceptors (Lipinski definition) is 3. The Balaban J connectivity index is 2.09. The van der Waals surface area contributed by atoms with Crippen molar-refractivity contribution in [1.82, 2.24) is 9.55 Å². The van der Waals surface area contributed by atoms with Crippen molar-refractivity contribution in [1.29, 1.82) is 0 Å². The van der Waals surface area contributed by atoms with Gasteiger partial charge in [0.15, 0.2) is 0 Å². The molecule has 3 rings (SSSR count). The van der Waals surface area contributed by atoms with E-state index in [4.69, 9.17) is 0 Å². The second kappa shape index (κ2) is 4.89. The van der Waals surface area contributed by atoms with Crippen molar-refractivity contribution in [2.75, 3.05) is 4.72 Å². The fourth-order valence-electron chi connectivity index (χ4n) is 2.31. The largest absolute Gasteiger partial charge is 0.334 e. The van der Waals surface area contributed by atoms with E-state index in [0.29, 0.717) is 16.7 Å². The first kappa shape index (κ1) is 13.6. The summed E-state index contributed by atoms with van der Waals surface area (Å²) in [5.41, 5.74) is 2.19. The van der Waals surface area contributed by atoms with Crippen molar-refractivity contribution in [3.63, 3.8) is 0 Å². The summed E-state index contributed by atoms with van der Waals surface area (Å²) in [5, 5.41) is 0.611. The number of aryl methyl sites for hydroxylation is 2. The fourth-order valence-corrected chi connectivity index (χ4v) is 3.60. The molecule has 0 atom stereocenters. The second-order valence-electron chi connectivity index (χ2n) is 4.95. The van der Waals surface area contributed by atoms with Crippen LogP contribution in [0.15, 0.2) is 53.7 Å². The lowest BCUT2D eigenvalue weighted by Gasteiger charge is -2.07. The molecule has 0 amide bonds. The maximum Gasteiger partial charge on any atom is 0.264 e. The summed E-state index contributed by atoms with van der Waals surface area (Å²) in [4.78, 5) is 4.44. The van der Waals surface area contributed by atoms with Gasteiger partial charge in [0.25, 0.3) is 10.0 Å². The van der Waals surface area contributed by atoms with Crippen molar-refractivity contribution >= 4 is 26.7 Å². The molecule has 6 heteroatoms. The van der Waals surface area contributed by atoms with Gasteiger partial charge in [0.2, 0.25) is 0 Å². The van der Waals surface area contributed by atoms with E-state index in [1.165, 1.54) is 0 Å². The van der Waals surface area contributed by atoms with Crippen molar-refractivity contribution in [2.24, 2.45) is 7.05 Å². The van der Waals surface area contributed by atoms with E-state index in [9.17, 15) is 8.42 Å². The molecule has 21 heavy (non-hydrogen) atoms. The zero-order chi connectivity index (χ0) is 15.0. The minimum absolute atomic E-state index is 0.231. The highest BCUT2D eigenvalue weighted by molar-refractivity contribution is 7.93. The molecule has 0 aliphatic carbocycles. The van der Waals surface area contributed by atoms with Gasteiger partial charge in [0.05, 0.1) is 0 Å². The van der Waals surface area contributed by atoms with Crippen molar-refractivity contribution in [2.45, 2.75) is 11.8 Å². The maximum atomic E-state index is 12.6. The van der Waals surface area contributed by atoms with Gasteiger partial charge in [0.1, 0.15) is 10.5 Å². The first-order valence-electron chi connectivity index (χ1n) is 6.47. The van der Waals surface area contributed by atoms with Gasteiger partial charge in [-0.15, -0.1) is 0 Å². The predicted molar refractivity (Wildman–Crippen MR) is 82.7 cm³/mol. The number of anilines is 1. The number of hydrogen-bond donors (Lipinski definition) is 1. The molecule has 0 bridgehead atoms. The quantitative estimate of drug-likeness (QED) is 0.809. The minimum Gasteiger partial charge on any atom is -0.334 e. The SMILES string of the molecule is Cc1cccc(NS(=O)(=O)c2cn(C)c3ncccc23)c1. The van der Waals surface area contributed by atoms with Crippen LogP contribution in [0.3, 0.4) is 0 Å². The number of nitrogens with one attached hydrogen (secondary N) is 1. The lowest BCUT2D eigenvalue weighted by molar-refractivity contribution is 0.601. The Morgan fingerprint density at radius 3 is 2.76 bits per heavy atom. The predicted octanol–water partition coefficient (Wildman–Crippen LogP) is 2.68. The third kappa shape index (κ3) is 2.50. The Bertz CT molecular complexity index is 914. The van der Waals surface area contributed by atoms with Crippen LogP contribution in [-0.4, -0.2) is 18.0 Å². The molecule has 2 aromatic heterocycles. The number of fused-ring (bicyclic) bond motifs is 1. The average molecular weight is 301 g/mol. The number of aromatic nitrogens is 2. The Hall–Kier alpha value is -2.34. The van der Waals surface area contributed by atoms with Gasteiger partial charge in [-0.1, -0.05) is 12.1 Å². The Morgan fingerprint density at radius 1 is 1.19 bits per heavy atom. The van der Waals surface area contributed by atoms with E-state index < -0.39 is 10.0 Å². The monoisotopic (exact) mass is 301 g/mol. The van der Waals surface area contributed by atoms with Crippen LogP contribution in [0.25, 0.3) is 11.0 Å². The van der Waals surface area contributed by atoms with E-state index >= 15 is 0 Å². The number of rotatable bonds is 3. The number of pyridine rings is 1. The molecular formula is C15H15N3O2S. The van der Waals surface area contributed by atoms with Gasteiger partial charge >= 0.3 is 0 Å². The highest BCUT2D eigenvalue weighted by atomic mass is 32.2. The van der Waals surface area contributed by atoms with E-state index in [-0.39, 0.29) is 4.90 Å². The van der Waals surface area contributed by atoms with Crippen LogP contribution in [0.5, 0.6) is 0 Å². The highest BCUT2D eigenvalue weighted by Crippen LogP contribution is 2.25. The maximum absolute atomic E-state index is 12.6. The third-order valence-electron chi connectivity index (χ3n) is 3.26. The third-order valence-corrected chi connectivity index (χ3v) is 4.67. The molecule has 0 aliphatic heterocycles. The van der Waals surface area contributed by atoms with Gasteiger partial charge in [-0.25, -0.2) is 13.4 Å². The molecule has 0 saturated heterocycles. The van der Waals surface area contributed by atoms with Crippen molar-refractivity contribution < 1.29 is 8.42 Å². The first-order chi connectivity index (χ1) is 9.97. The van der Waals surface area contributed by atoms with Gasteiger partial charge in [-0.3, -0.25) is 4.72 Å². The standard InChI is InChI=1S/C15H15N3O2S/c1-11-5-3-6-12(9-11)17-21(19,20)14-10-18(2)15-13(14)7-4-8-16-15/h3-10,17H,1-2H3. The fraction of sp³-hybridized carbons (Fsp3) is 0.133. The van der Waals surface area contributed by atoms with Crippen LogP contribution in [0, 0.1) is 6.92 Å². The zero-order valence-electron chi connectivity index (χ0n) is 11.7. The van der Waals surface area contributed by atoms with E-state index in [2.05, 4.69) is 9.71 Å². The summed E-state index contributed by atoms with van der Waals surface area (Å²) in [6, 6.07) is 10.7. The van der Waals surface area contributed by atoms with Gasteiger partial charge in [0, 0.05) is 30.5 Å². The molecule has 0 fully saturated rings. The number of benzene rings is 1. The van der Waals surface area contributed by atoms with Crippen LogP contribution in [0.4, 0.5) is 5.69 Å². The molecule has 2 heterocycles. The van der Waals surface area contributed by atoms with Gasteiger partial charge < -0.3 is 4.57 Å². The number of nitrogens with zero attached hydrogens (tertiary/aromatic N) is 2. The summed E-state index contributed by atoms with van der Waals surface area (Å²) >= 11 is 0. The average Bonchev–Trinajstić information content (AvgIpc) is 2.77. The normalized spacial score (nSPS) is 11.7.